The molecule has 3 aromatic rings. The summed E-state index contributed by atoms with van der Waals surface area (Å²) in [7, 11) is 0. The highest BCUT2D eigenvalue weighted by molar-refractivity contribution is 5.16. The first kappa shape index (κ1) is 24.6. The largest absolute Gasteiger partial charge is 0.394 e. The normalized spacial score (nSPS) is 14.1. The van der Waals surface area contributed by atoms with Gasteiger partial charge < -0.3 is 19.3 Å². The van der Waals surface area contributed by atoms with E-state index < -0.39 is 18.3 Å². The van der Waals surface area contributed by atoms with Gasteiger partial charge in [-0.05, 0) is 16.7 Å². The van der Waals surface area contributed by atoms with Gasteiger partial charge in [-0.3, -0.25) is 0 Å². The highest BCUT2D eigenvalue weighted by atomic mass is 16.6. The SMILES string of the molecule is C=CC=C[C@@H](OCc1ccccc1)[C@H](OCc1ccccc1)[C@H](CO)OCc1ccccc1. The molecule has 0 saturated carbocycles. The van der Waals surface area contributed by atoms with Crippen molar-refractivity contribution in [3.63, 3.8) is 0 Å². The fourth-order valence-electron chi connectivity index (χ4n) is 3.42. The minimum atomic E-state index is -0.579. The van der Waals surface area contributed by atoms with Gasteiger partial charge in [0.15, 0.2) is 0 Å². The van der Waals surface area contributed by atoms with Crippen molar-refractivity contribution in [2.45, 2.75) is 38.1 Å². The van der Waals surface area contributed by atoms with Crippen LogP contribution in [0.1, 0.15) is 16.7 Å². The minimum absolute atomic E-state index is 0.195. The molecule has 0 aliphatic rings. The second-order valence-corrected chi connectivity index (χ2v) is 7.66. The standard InChI is InChI=1S/C29H32O4/c1-2-3-19-27(31-21-24-13-7-4-8-14-24)29(33-23-26-17-11-6-12-18-26)28(20-30)32-22-25-15-9-5-10-16-25/h2-19,27-30H,1,20-23H2/t27-,28+,29+/m1/s1. The molecule has 3 rings (SSSR count). The van der Waals surface area contributed by atoms with Crippen LogP contribution in [0, 0.1) is 0 Å². The average molecular weight is 445 g/mol. The maximum Gasteiger partial charge on any atom is 0.116 e. The summed E-state index contributed by atoms with van der Waals surface area (Å²) < 4.78 is 18.7. The lowest BCUT2D eigenvalue weighted by Gasteiger charge is -2.31. The maximum atomic E-state index is 10.2. The van der Waals surface area contributed by atoms with E-state index in [0.717, 1.165) is 16.7 Å². The lowest BCUT2D eigenvalue weighted by atomic mass is 10.1. The van der Waals surface area contributed by atoms with Gasteiger partial charge in [-0.1, -0.05) is 116 Å². The van der Waals surface area contributed by atoms with Crippen molar-refractivity contribution in [3.05, 3.63) is 132 Å². The van der Waals surface area contributed by atoms with Crippen LogP contribution in [-0.4, -0.2) is 30.0 Å². The van der Waals surface area contributed by atoms with E-state index in [-0.39, 0.29) is 6.61 Å². The fraction of sp³-hybridized carbons (Fsp3) is 0.241. The summed E-state index contributed by atoms with van der Waals surface area (Å²) in [4.78, 5) is 0. The molecule has 0 radical (unpaired) electrons. The molecule has 0 aliphatic heterocycles. The summed E-state index contributed by atoms with van der Waals surface area (Å²) in [6.45, 7) is 4.75. The van der Waals surface area contributed by atoms with Crippen LogP contribution >= 0.6 is 0 Å². The van der Waals surface area contributed by atoms with E-state index in [1.807, 2.05) is 103 Å². The molecule has 0 spiro atoms. The van der Waals surface area contributed by atoms with Gasteiger partial charge in [0.25, 0.3) is 0 Å². The smallest absolute Gasteiger partial charge is 0.116 e. The molecule has 33 heavy (non-hydrogen) atoms. The second-order valence-electron chi connectivity index (χ2n) is 7.66. The van der Waals surface area contributed by atoms with Gasteiger partial charge in [0, 0.05) is 0 Å². The Hall–Kier alpha value is -3.02. The number of ether oxygens (including phenoxy) is 3. The Morgan fingerprint density at radius 3 is 1.58 bits per heavy atom. The van der Waals surface area contributed by atoms with E-state index in [1.54, 1.807) is 6.08 Å². The number of rotatable bonds is 14. The molecular formula is C29H32O4. The quantitative estimate of drug-likeness (QED) is 0.335. The van der Waals surface area contributed by atoms with Gasteiger partial charge in [-0.25, -0.2) is 0 Å². The first-order valence-corrected chi connectivity index (χ1v) is 11.2. The summed E-state index contributed by atoms with van der Waals surface area (Å²) in [5.74, 6) is 0. The number of aliphatic hydroxyl groups is 1. The van der Waals surface area contributed by atoms with Crippen LogP contribution in [0.3, 0.4) is 0 Å². The monoisotopic (exact) mass is 444 g/mol. The molecule has 0 unspecified atom stereocenters. The van der Waals surface area contributed by atoms with Crippen LogP contribution in [0.4, 0.5) is 0 Å². The zero-order chi connectivity index (χ0) is 23.1. The molecular weight excluding hydrogens is 412 g/mol. The summed E-state index contributed by atoms with van der Waals surface area (Å²) in [6.07, 6.45) is 3.88. The molecule has 1 N–H and O–H groups in total. The number of aliphatic hydroxyl groups excluding tert-OH is 1. The Morgan fingerprint density at radius 2 is 1.12 bits per heavy atom. The van der Waals surface area contributed by atoms with Gasteiger partial charge in [0.05, 0.1) is 26.4 Å². The third-order valence-corrected chi connectivity index (χ3v) is 5.18. The molecule has 0 amide bonds. The topological polar surface area (TPSA) is 47.9 Å². The molecule has 0 heterocycles. The summed E-state index contributed by atoms with van der Waals surface area (Å²) in [6, 6.07) is 29.8. The van der Waals surface area contributed by atoms with Crippen molar-refractivity contribution in [1.29, 1.82) is 0 Å². The Bertz CT molecular complexity index is 941. The van der Waals surface area contributed by atoms with Gasteiger partial charge in [-0.2, -0.15) is 0 Å². The van der Waals surface area contributed by atoms with Gasteiger partial charge >= 0.3 is 0 Å². The molecule has 172 valence electrons. The van der Waals surface area contributed by atoms with E-state index >= 15 is 0 Å². The summed E-state index contributed by atoms with van der Waals surface area (Å²) in [5.41, 5.74) is 3.12. The highest BCUT2D eigenvalue weighted by Gasteiger charge is 2.30. The Morgan fingerprint density at radius 1 is 0.667 bits per heavy atom. The average Bonchev–Trinajstić information content (AvgIpc) is 2.88. The lowest BCUT2D eigenvalue weighted by Crippen LogP contribution is -2.43. The van der Waals surface area contributed by atoms with Gasteiger partial charge in [-0.15, -0.1) is 0 Å². The molecule has 0 aromatic heterocycles. The van der Waals surface area contributed by atoms with Crippen LogP contribution in [0.25, 0.3) is 0 Å². The maximum absolute atomic E-state index is 10.2. The first-order valence-electron chi connectivity index (χ1n) is 11.2. The van der Waals surface area contributed by atoms with Crippen molar-refractivity contribution in [3.8, 4) is 0 Å². The van der Waals surface area contributed by atoms with Crippen LogP contribution in [0.15, 0.2) is 116 Å². The highest BCUT2D eigenvalue weighted by Crippen LogP contribution is 2.19. The van der Waals surface area contributed by atoms with Crippen molar-refractivity contribution in [2.24, 2.45) is 0 Å². The third-order valence-electron chi connectivity index (χ3n) is 5.18. The summed E-state index contributed by atoms with van der Waals surface area (Å²) in [5, 5.41) is 10.2. The van der Waals surface area contributed by atoms with Crippen LogP contribution in [0.2, 0.25) is 0 Å². The third kappa shape index (κ3) is 8.44. The molecule has 4 nitrogen and oxygen atoms in total. The molecule has 4 heteroatoms. The van der Waals surface area contributed by atoms with E-state index in [1.165, 1.54) is 0 Å². The molecule has 0 aliphatic carbocycles. The predicted molar refractivity (Wildman–Crippen MR) is 131 cm³/mol. The Balaban J connectivity index is 1.78. The fourth-order valence-corrected chi connectivity index (χ4v) is 3.42. The zero-order valence-electron chi connectivity index (χ0n) is 18.8. The predicted octanol–water partition coefficient (Wildman–Crippen LogP) is 5.48. The first-order chi connectivity index (χ1) is 16.3. The van der Waals surface area contributed by atoms with E-state index in [0.29, 0.717) is 19.8 Å². The molecule has 0 fully saturated rings. The van der Waals surface area contributed by atoms with E-state index in [4.69, 9.17) is 14.2 Å². The second kappa shape index (κ2) is 14.2. The Kier molecular flexibility index (Phi) is 10.6. The van der Waals surface area contributed by atoms with Crippen LogP contribution < -0.4 is 0 Å². The summed E-state index contributed by atoms with van der Waals surface area (Å²) >= 11 is 0. The number of benzene rings is 3. The molecule has 0 bridgehead atoms. The van der Waals surface area contributed by atoms with Gasteiger partial charge in [0.2, 0.25) is 0 Å². The Labute approximate surface area is 196 Å². The van der Waals surface area contributed by atoms with Crippen molar-refractivity contribution < 1.29 is 19.3 Å². The van der Waals surface area contributed by atoms with Crippen LogP contribution in [-0.2, 0) is 34.0 Å². The van der Waals surface area contributed by atoms with Crippen molar-refractivity contribution >= 4 is 0 Å². The number of hydrogen-bond acceptors (Lipinski definition) is 4. The number of hydrogen-bond donors (Lipinski definition) is 1. The van der Waals surface area contributed by atoms with Crippen molar-refractivity contribution in [1.82, 2.24) is 0 Å². The van der Waals surface area contributed by atoms with E-state index in [9.17, 15) is 5.11 Å². The lowest BCUT2D eigenvalue weighted by molar-refractivity contribution is -0.149. The van der Waals surface area contributed by atoms with Crippen LogP contribution in [0.5, 0.6) is 0 Å². The van der Waals surface area contributed by atoms with E-state index in [2.05, 4.69) is 6.58 Å². The number of allylic oxidation sites excluding steroid dienone is 2. The molecule has 3 atom stereocenters. The minimum Gasteiger partial charge on any atom is -0.394 e. The van der Waals surface area contributed by atoms with Gasteiger partial charge in [0.1, 0.15) is 18.3 Å². The zero-order valence-corrected chi connectivity index (χ0v) is 18.8. The molecule has 0 saturated heterocycles. The van der Waals surface area contributed by atoms with Crippen molar-refractivity contribution in [2.75, 3.05) is 6.61 Å². The molecule has 3 aromatic carbocycles.